The Morgan fingerprint density at radius 1 is 1.37 bits per heavy atom. The number of benzene rings is 1. The van der Waals surface area contributed by atoms with Gasteiger partial charge in [0.05, 0.1) is 13.2 Å². The SMILES string of the molecule is COc1cccc([C@@H](C#N)C(=O)c2cccnc2)c1. The van der Waals surface area contributed by atoms with E-state index in [1.54, 1.807) is 49.7 Å². The molecule has 1 atom stereocenters. The molecule has 0 aliphatic rings. The molecule has 1 heterocycles. The summed E-state index contributed by atoms with van der Waals surface area (Å²) in [6.45, 7) is 0. The van der Waals surface area contributed by atoms with E-state index in [1.807, 2.05) is 6.07 Å². The Morgan fingerprint density at radius 3 is 2.84 bits per heavy atom. The van der Waals surface area contributed by atoms with Crippen molar-refractivity contribution in [3.05, 3.63) is 59.9 Å². The summed E-state index contributed by atoms with van der Waals surface area (Å²) in [5.74, 6) is -0.486. The number of nitrogens with zero attached hydrogens (tertiary/aromatic N) is 2. The molecule has 0 radical (unpaired) electrons. The first-order valence-corrected chi connectivity index (χ1v) is 5.74. The zero-order valence-electron chi connectivity index (χ0n) is 10.4. The van der Waals surface area contributed by atoms with Gasteiger partial charge in [-0.2, -0.15) is 5.26 Å². The van der Waals surface area contributed by atoms with Crippen LogP contribution in [-0.2, 0) is 0 Å². The molecule has 0 N–H and O–H groups in total. The lowest BCUT2D eigenvalue weighted by molar-refractivity contribution is 0.0978. The number of pyridine rings is 1. The van der Waals surface area contributed by atoms with Crippen LogP contribution < -0.4 is 4.74 Å². The lowest BCUT2D eigenvalue weighted by Gasteiger charge is -2.09. The first kappa shape index (κ1) is 12.8. The average molecular weight is 252 g/mol. The van der Waals surface area contributed by atoms with Gasteiger partial charge in [-0.1, -0.05) is 12.1 Å². The quantitative estimate of drug-likeness (QED) is 0.784. The number of ketones is 1. The second-order valence-electron chi connectivity index (χ2n) is 3.94. The zero-order valence-corrected chi connectivity index (χ0v) is 10.4. The van der Waals surface area contributed by atoms with Crippen LogP contribution in [0.5, 0.6) is 5.75 Å². The van der Waals surface area contributed by atoms with Crippen molar-refractivity contribution >= 4 is 5.78 Å². The fourth-order valence-corrected chi connectivity index (χ4v) is 1.78. The predicted octanol–water partition coefficient (Wildman–Crippen LogP) is 2.58. The molecule has 0 bridgehead atoms. The van der Waals surface area contributed by atoms with Crippen molar-refractivity contribution in [3.8, 4) is 11.8 Å². The number of Topliss-reactive ketones (excluding diaryl/α,β-unsaturated/α-hetero) is 1. The van der Waals surface area contributed by atoms with Crippen molar-refractivity contribution in [2.75, 3.05) is 7.11 Å². The van der Waals surface area contributed by atoms with Gasteiger partial charge in [-0.15, -0.1) is 0 Å². The van der Waals surface area contributed by atoms with E-state index in [9.17, 15) is 10.1 Å². The fourth-order valence-electron chi connectivity index (χ4n) is 1.78. The molecule has 1 aromatic carbocycles. The maximum Gasteiger partial charge on any atom is 0.185 e. The topological polar surface area (TPSA) is 63.0 Å². The molecule has 2 aromatic rings. The summed E-state index contributed by atoms with van der Waals surface area (Å²) < 4.78 is 5.10. The van der Waals surface area contributed by atoms with E-state index >= 15 is 0 Å². The van der Waals surface area contributed by atoms with Gasteiger partial charge in [-0.25, -0.2) is 0 Å². The second-order valence-corrected chi connectivity index (χ2v) is 3.94. The number of carbonyl (C=O) groups is 1. The summed E-state index contributed by atoms with van der Waals surface area (Å²) >= 11 is 0. The summed E-state index contributed by atoms with van der Waals surface area (Å²) in [5, 5.41) is 9.24. The number of hydrogen-bond acceptors (Lipinski definition) is 4. The van der Waals surface area contributed by atoms with Gasteiger partial charge < -0.3 is 4.74 Å². The van der Waals surface area contributed by atoms with Gasteiger partial charge in [-0.3, -0.25) is 9.78 Å². The Labute approximate surface area is 111 Å². The molecule has 0 spiro atoms. The van der Waals surface area contributed by atoms with Gasteiger partial charge in [-0.05, 0) is 29.8 Å². The van der Waals surface area contributed by atoms with Crippen LogP contribution in [0.4, 0.5) is 0 Å². The number of ether oxygens (including phenoxy) is 1. The van der Waals surface area contributed by atoms with E-state index in [4.69, 9.17) is 4.74 Å². The monoisotopic (exact) mass is 252 g/mol. The molecule has 2 rings (SSSR count). The second kappa shape index (κ2) is 5.78. The Kier molecular flexibility index (Phi) is 3.89. The molecule has 19 heavy (non-hydrogen) atoms. The summed E-state index contributed by atoms with van der Waals surface area (Å²) in [7, 11) is 1.55. The number of hydrogen-bond donors (Lipinski definition) is 0. The largest absolute Gasteiger partial charge is 0.497 e. The standard InChI is InChI=1S/C15H12N2O2/c1-19-13-6-2-4-11(8-13)14(9-16)15(18)12-5-3-7-17-10-12/h2-8,10,14H,1H3/t14-/m1/s1. The van der Waals surface area contributed by atoms with Gasteiger partial charge in [0.1, 0.15) is 11.7 Å². The van der Waals surface area contributed by atoms with E-state index in [2.05, 4.69) is 4.98 Å². The maximum absolute atomic E-state index is 12.3. The van der Waals surface area contributed by atoms with Crippen molar-refractivity contribution < 1.29 is 9.53 Å². The van der Waals surface area contributed by atoms with Gasteiger partial charge >= 0.3 is 0 Å². The van der Waals surface area contributed by atoms with E-state index in [0.29, 0.717) is 16.9 Å². The third kappa shape index (κ3) is 2.78. The summed E-state index contributed by atoms with van der Waals surface area (Å²) in [5.41, 5.74) is 1.05. The highest BCUT2D eigenvalue weighted by Crippen LogP contribution is 2.23. The molecule has 4 nitrogen and oxygen atoms in total. The molecule has 0 saturated carbocycles. The molecular formula is C15H12N2O2. The van der Waals surface area contributed by atoms with Gasteiger partial charge in [0, 0.05) is 18.0 Å². The molecule has 4 heteroatoms. The zero-order chi connectivity index (χ0) is 13.7. The Balaban J connectivity index is 2.35. The highest BCUT2D eigenvalue weighted by Gasteiger charge is 2.22. The minimum Gasteiger partial charge on any atom is -0.497 e. The minimum absolute atomic E-state index is 0.260. The first-order valence-electron chi connectivity index (χ1n) is 5.74. The Morgan fingerprint density at radius 2 is 2.21 bits per heavy atom. The Hall–Kier alpha value is -2.67. The van der Waals surface area contributed by atoms with E-state index < -0.39 is 5.92 Å². The lowest BCUT2D eigenvalue weighted by atomic mass is 9.92. The first-order chi connectivity index (χ1) is 9.26. The van der Waals surface area contributed by atoms with Crippen molar-refractivity contribution in [3.63, 3.8) is 0 Å². The highest BCUT2D eigenvalue weighted by molar-refractivity contribution is 6.02. The Bertz CT molecular complexity index is 618. The molecule has 0 aliphatic carbocycles. The molecule has 94 valence electrons. The molecule has 0 aliphatic heterocycles. The van der Waals surface area contributed by atoms with Crippen LogP contribution in [0.25, 0.3) is 0 Å². The number of nitriles is 1. The molecule has 0 unspecified atom stereocenters. The van der Waals surface area contributed by atoms with Crippen LogP contribution in [0.1, 0.15) is 21.8 Å². The van der Waals surface area contributed by atoms with Crippen molar-refractivity contribution in [2.45, 2.75) is 5.92 Å². The van der Waals surface area contributed by atoms with E-state index in [1.165, 1.54) is 6.20 Å². The van der Waals surface area contributed by atoms with Gasteiger partial charge in [0.25, 0.3) is 0 Å². The molecule has 0 fully saturated rings. The van der Waals surface area contributed by atoms with Crippen LogP contribution in [0.3, 0.4) is 0 Å². The summed E-state index contributed by atoms with van der Waals surface area (Å²) in [6.07, 6.45) is 3.05. The van der Waals surface area contributed by atoms with Crippen LogP contribution in [0.2, 0.25) is 0 Å². The summed E-state index contributed by atoms with van der Waals surface area (Å²) in [6, 6.07) is 12.3. The number of aromatic nitrogens is 1. The van der Waals surface area contributed by atoms with Crippen LogP contribution in [0, 0.1) is 11.3 Å². The smallest absolute Gasteiger partial charge is 0.185 e. The third-order valence-electron chi connectivity index (χ3n) is 2.76. The van der Waals surface area contributed by atoms with E-state index in [-0.39, 0.29) is 5.78 Å². The normalized spacial score (nSPS) is 11.4. The average Bonchev–Trinajstić information content (AvgIpc) is 2.49. The third-order valence-corrected chi connectivity index (χ3v) is 2.76. The van der Waals surface area contributed by atoms with Gasteiger partial charge in [0.2, 0.25) is 0 Å². The molecule has 1 aromatic heterocycles. The van der Waals surface area contributed by atoms with Crippen molar-refractivity contribution in [1.29, 1.82) is 5.26 Å². The molecule has 0 amide bonds. The van der Waals surface area contributed by atoms with Crippen LogP contribution >= 0.6 is 0 Å². The van der Waals surface area contributed by atoms with Crippen LogP contribution in [-0.4, -0.2) is 17.9 Å². The number of methoxy groups -OCH3 is 1. The number of carbonyl (C=O) groups excluding carboxylic acids is 1. The highest BCUT2D eigenvalue weighted by atomic mass is 16.5. The minimum atomic E-state index is -0.848. The molecule has 0 saturated heterocycles. The van der Waals surface area contributed by atoms with Crippen molar-refractivity contribution in [1.82, 2.24) is 4.98 Å². The predicted molar refractivity (Wildman–Crippen MR) is 69.9 cm³/mol. The van der Waals surface area contributed by atoms with Crippen LogP contribution in [0.15, 0.2) is 48.8 Å². The van der Waals surface area contributed by atoms with E-state index in [0.717, 1.165) is 0 Å². The molecular weight excluding hydrogens is 240 g/mol. The maximum atomic E-state index is 12.3. The summed E-state index contributed by atoms with van der Waals surface area (Å²) in [4.78, 5) is 16.2. The van der Waals surface area contributed by atoms with Crippen molar-refractivity contribution in [2.24, 2.45) is 0 Å². The number of rotatable bonds is 4. The lowest BCUT2D eigenvalue weighted by Crippen LogP contribution is -2.11. The van der Waals surface area contributed by atoms with Gasteiger partial charge in [0.15, 0.2) is 5.78 Å². The fraction of sp³-hybridized carbons (Fsp3) is 0.133.